The first-order valence-electron chi connectivity index (χ1n) is 8.12. The van der Waals surface area contributed by atoms with Crippen molar-refractivity contribution in [2.24, 2.45) is 5.92 Å². The third-order valence-electron chi connectivity index (χ3n) is 5.12. The topological polar surface area (TPSA) is 52.1 Å². The number of H-pyrrole nitrogens is 1. The van der Waals surface area contributed by atoms with Gasteiger partial charge in [0.05, 0.1) is 11.5 Å². The van der Waals surface area contributed by atoms with Crippen LogP contribution in [0.3, 0.4) is 0 Å². The first-order valence-corrected chi connectivity index (χ1v) is 8.12. The molecule has 4 nitrogen and oxygen atoms in total. The van der Waals surface area contributed by atoms with Crippen molar-refractivity contribution in [1.82, 2.24) is 9.97 Å². The fourth-order valence-electron chi connectivity index (χ4n) is 3.97. The molecule has 22 heavy (non-hydrogen) atoms. The minimum absolute atomic E-state index is 0.221. The smallest absolute Gasteiger partial charge is 0.0715 e. The highest BCUT2D eigenvalue weighted by molar-refractivity contribution is 5.72. The quantitative estimate of drug-likeness (QED) is 0.810. The summed E-state index contributed by atoms with van der Waals surface area (Å²) in [6.45, 7) is 1.73. The summed E-state index contributed by atoms with van der Waals surface area (Å²) in [6, 6.07) is 4.27. The van der Waals surface area contributed by atoms with Gasteiger partial charge < -0.3 is 15.0 Å². The Kier molecular flexibility index (Phi) is 2.53. The Balaban J connectivity index is 1.87. The van der Waals surface area contributed by atoms with E-state index in [1.54, 1.807) is 0 Å². The van der Waals surface area contributed by atoms with E-state index in [2.05, 4.69) is 33.1 Å². The average molecular weight is 293 g/mol. The van der Waals surface area contributed by atoms with E-state index in [1.807, 2.05) is 12.4 Å². The number of nitrogens with one attached hydrogen (secondary N) is 1. The van der Waals surface area contributed by atoms with Crippen LogP contribution in [0.4, 0.5) is 5.69 Å². The van der Waals surface area contributed by atoms with Crippen LogP contribution in [0.1, 0.15) is 19.3 Å². The Labute approximate surface area is 128 Å². The molecule has 0 bridgehead atoms. The average Bonchev–Trinajstić information content (AvgIpc) is 3.14. The zero-order chi connectivity index (χ0) is 14.7. The van der Waals surface area contributed by atoms with Crippen molar-refractivity contribution < 1.29 is 5.11 Å². The molecule has 2 unspecified atom stereocenters. The maximum absolute atomic E-state index is 10.0. The normalized spacial score (nSPS) is 25.7. The third-order valence-corrected chi connectivity index (χ3v) is 5.12. The Bertz CT molecular complexity index is 959. The van der Waals surface area contributed by atoms with Crippen LogP contribution in [0.15, 0.2) is 24.5 Å². The molecular formula is C18H19N3O. The fourth-order valence-corrected chi connectivity index (χ4v) is 3.97. The van der Waals surface area contributed by atoms with E-state index in [1.165, 1.54) is 27.0 Å². The van der Waals surface area contributed by atoms with Crippen LogP contribution in [0.2, 0.25) is 0 Å². The van der Waals surface area contributed by atoms with E-state index >= 15 is 0 Å². The summed E-state index contributed by atoms with van der Waals surface area (Å²) in [7, 11) is 0. The first-order chi connectivity index (χ1) is 10.8. The molecule has 112 valence electrons. The van der Waals surface area contributed by atoms with Gasteiger partial charge >= 0.3 is 0 Å². The van der Waals surface area contributed by atoms with Crippen LogP contribution in [0.5, 0.6) is 0 Å². The number of aliphatic hydroxyl groups excluding tert-OH is 1. The van der Waals surface area contributed by atoms with Gasteiger partial charge in [0.25, 0.3) is 0 Å². The summed E-state index contributed by atoms with van der Waals surface area (Å²) in [5.41, 5.74) is 2.71. The molecule has 4 heteroatoms. The predicted octanol–water partition coefficient (Wildman–Crippen LogP) is 0.622. The summed E-state index contributed by atoms with van der Waals surface area (Å²) in [5, 5.41) is 14.9. The second-order valence-corrected chi connectivity index (χ2v) is 6.60. The Morgan fingerprint density at radius 1 is 1.32 bits per heavy atom. The molecule has 0 spiro atoms. The predicted molar refractivity (Wildman–Crippen MR) is 85.4 cm³/mol. The molecule has 3 aliphatic rings. The second-order valence-electron chi connectivity index (χ2n) is 6.60. The number of rotatable bonds is 1. The van der Waals surface area contributed by atoms with Gasteiger partial charge in [-0.15, -0.1) is 0 Å². The number of piperidine rings is 1. The van der Waals surface area contributed by atoms with Crippen molar-refractivity contribution in [2.75, 3.05) is 18.0 Å². The van der Waals surface area contributed by atoms with Crippen LogP contribution < -0.4 is 15.6 Å². The van der Waals surface area contributed by atoms with Crippen molar-refractivity contribution in [2.45, 2.75) is 25.4 Å². The van der Waals surface area contributed by atoms with Crippen LogP contribution >= 0.6 is 0 Å². The summed E-state index contributed by atoms with van der Waals surface area (Å²) < 4.78 is 0. The monoisotopic (exact) mass is 293 g/mol. The van der Waals surface area contributed by atoms with E-state index in [-0.39, 0.29) is 6.10 Å². The lowest BCUT2D eigenvalue weighted by atomic mass is 10.1. The number of hydrogen-bond donors (Lipinski definition) is 2. The van der Waals surface area contributed by atoms with Gasteiger partial charge in [0.1, 0.15) is 0 Å². The van der Waals surface area contributed by atoms with E-state index < -0.39 is 0 Å². The molecule has 2 atom stereocenters. The molecule has 2 aromatic rings. The van der Waals surface area contributed by atoms with Gasteiger partial charge in [-0.3, -0.25) is 4.98 Å². The zero-order valence-corrected chi connectivity index (χ0v) is 12.4. The van der Waals surface area contributed by atoms with E-state index in [0.717, 1.165) is 37.7 Å². The van der Waals surface area contributed by atoms with Crippen molar-refractivity contribution in [3.05, 3.63) is 45.7 Å². The zero-order valence-electron chi connectivity index (χ0n) is 12.4. The van der Waals surface area contributed by atoms with Crippen LogP contribution in [0.25, 0.3) is 11.6 Å². The van der Waals surface area contributed by atoms with Gasteiger partial charge in [-0.25, -0.2) is 0 Å². The number of hydrogen-bond acceptors (Lipinski definition) is 3. The van der Waals surface area contributed by atoms with Crippen LogP contribution in [-0.2, 0) is 0 Å². The van der Waals surface area contributed by atoms with Crippen molar-refractivity contribution in [3.8, 4) is 0 Å². The molecule has 2 N–H and O–H groups in total. The van der Waals surface area contributed by atoms with Gasteiger partial charge in [0.15, 0.2) is 0 Å². The lowest BCUT2D eigenvalue weighted by Crippen LogP contribution is -2.39. The summed E-state index contributed by atoms with van der Waals surface area (Å²) in [4.78, 5) is 10.4. The number of anilines is 1. The van der Waals surface area contributed by atoms with Gasteiger partial charge in [0.2, 0.25) is 0 Å². The Hall–Kier alpha value is -2.07. The molecule has 5 rings (SSSR count). The number of β-amino-alcohol motifs (C(OH)–C–C–N with tert-alkyl or cyclic N) is 1. The van der Waals surface area contributed by atoms with E-state index in [4.69, 9.17) is 0 Å². The Morgan fingerprint density at radius 3 is 3.18 bits per heavy atom. The molecular weight excluding hydrogens is 274 g/mol. The SMILES string of the molecule is OC1CCCN(c2ccnc3c2=c2cc[nH]c2=C2CC2C=3)C1. The number of aromatic amines is 1. The van der Waals surface area contributed by atoms with Gasteiger partial charge in [-0.2, -0.15) is 0 Å². The summed E-state index contributed by atoms with van der Waals surface area (Å²) in [6.07, 6.45) is 9.13. The highest BCUT2D eigenvalue weighted by atomic mass is 16.3. The summed E-state index contributed by atoms with van der Waals surface area (Å²) in [5.74, 6) is 0.549. The van der Waals surface area contributed by atoms with Gasteiger partial charge in [0, 0.05) is 52.9 Å². The molecule has 1 saturated heterocycles. The number of nitrogens with zero attached hydrogens (tertiary/aromatic N) is 2. The third kappa shape index (κ3) is 1.77. The molecule has 2 fully saturated rings. The second kappa shape index (κ2) is 4.46. The summed E-state index contributed by atoms with van der Waals surface area (Å²) >= 11 is 0. The van der Waals surface area contributed by atoms with Crippen molar-refractivity contribution in [1.29, 1.82) is 0 Å². The molecule has 2 aliphatic carbocycles. The standard InChI is InChI=1S/C18H19N3O/c22-12-2-1-7-21(10-12)16-4-6-19-15-9-11-8-14(11)18-13(17(15)16)3-5-20-18/h3-6,9,11-12,20,22H,1-2,7-8,10H2. The molecule has 3 heterocycles. The fraction of sp³-hybridized carbons (Fsp3) is 0.389. The van der Waals surface area contributed by atoms with Crippen molar-refractivity contribution in [3.63, 3.8) is 0 Å². The van der Waals surface area contributed by atoms with Crippen LogP contribution in [0, 0.1) is 16.4 Å². The minimum atomic E-state index is -0.221. The number of fused-ring (bicyclic) bond motifs is 3. The minimum Gasteiger partial charge on any atom is -0.391 e. The Morgan fingerprint density at radius 2 is 2.27 bits per heavy atom. The lowest BCUT2D eigenvalue weighted by Gasteiger charge is -2.32. The highest BCUT2D eigenvalue weighted by Gasteiger charge is 2.30. The lowest BCUT2D eigenvalue weighted by molar-refractivity contribution is 0.154. The molecule has 2 aromatic heterocycles. The van der Waals surface area contributed by atoms with E-state index in [0.29, 0.717) is 5.92 Å². The number of aromatic nitrogens is 2. The largest absolute Gasteiger partial charge is 0.391 e. The van der Waals surface area contributed by atoms with Gasteiger partial charge in [-0.05, 0) is 37.0 Å². The van der Waals surface area contributed by atoms with E-state index in [9.17, 15) is 5.11 Å². The first kappa shape index (κ1) is 12.5. The number of pyridine rings is 1. The molecule has 0 amide bonds. The maximum atomic E-state index is 10.0. The molecule has 0 aromatic carbocycles. The van der Waals surface area contributed by atoms with Crippen molar-refractivity contribution >= 4 is 17.3 Å². The van der Waals surface area contributed by atoms with Crippen LogP contribution in [-0.4, -0.2) is 34.3 Å². The molecule has 1 aliphatic heterocycles. The molecule has 0 radical (unpaired) electrons. The molecule has 1 saturated carbocycles. The van der Waals surface area contributed by atoms with Gasteiger partial charge in [-0.1, -0.05) is 6.08 Å². The highest BCUT2D eigenvalue weighted by Crippen LogP contribution is 2.40. The number of aliphatic hydroxyl groups is 1. The maximum Gasteiger partial charge on any atom is 0.0715 e.